The summed E-state index contributed by atoms with van der Waals surface area (Å²) in [5, 5.41) is 9.32. The Morgan fingerprint density at radius 3 is 2.82 bits per heavy atom. The Kier molecular flexibility index (Phi) is 4.77. The molecule has 0 aromatic carbocycles. The van der Waals surface area contributed by atoms with Crippen LogP contribution in [-0.2, 0) is 4.74 Å². The highest BCUT2D eigenvalue weighted by molar-refractivity contribution is 5.65. The van der Waals surface area contributed by atoms with Gasteiger partial charge in [0.05, 0.1) is 6.10 Å². The van der Waals surface area contributed by atoms with E-state index >= 15 is 0 Å². The molecule has 0 aliphatic carbocycles. The SMILES string of the molecule is C[C@@H](O)CN1CC[C@H](CC(C)(C)OC(N)=O)C1. The Hall–Kier alpha value is -0.810. The fraction of sp³-hybridized carbons (Fsp3) is 0.917. The molecule has 1 heterocycles. The van der Waals surface area contributed by atoms with E-state index in [-0.39, 0.29) is 6.10 Å². The number of amides is 1. The maximum Gasteiger partial charge on any atom is 0.405 e. The monoisotopic (exact) mass is 244 g/mol. The van der Waals surface area contributed by atoms with Gasteiger partial charge in [0, 0.05) is 13.1 Å². The van der Waals surface area contributed by atoms with Gasteiger partial charge in [-0.3, -0.25) is 0 Å². The second kappa shape index (κ2) is 5.69. The van der Waals surface area contributed by atoms with Crippen LogP contribution in [0, 0.1) is 5.92 Å². The summed E-state index contributed by atoms with van der Waals surface area (Å²) >= 11 is 0. The van der Waals surface area contributed by atoms with Crippen molar-refractivity contribution in [2.24, 2.45) is 11.7 Å². The quantitative estimate of drug-likeness (QED) is 0.755. The van der Waals surface area contributed by atoms with E-state index in [0.29, 0.717) is 12.5 Å². The van der Waals surface area contributed by atoms with Gasteiger partial charge in [0.15, 0.2) is 0 Å². The molecule has 1 saturated heterocycles. The standard InChI is InChI=1S/C12H24N2O3/c1-9(15)7-14-5-4-10(8-14)6-12(2,3)17-11(13)16/h9-10,15H,4-8H2,1-3H3,(H2,13,16)/t9-,10-/m1/s1. The van der Waals surface area contributed by atoms with E-state index in [0.717, 1.165) is 25.9 Å². The lowest BCUT2D eigenvalue weighted by molar-refractivity contribution is 0.0269. The zero-order valence-corrected chi connectivity index (χ0v) is 11.0. The topological polar surface area (TPSA) is 75.8 Å². The zero-order valence-electron chi connectivity index (χ0n) is 11.0. The van der Waals surface area contributed by atoms with Crippen molar-refractivity contribution in [1.29, 1.82) is 0 Å². The molecule has 17 heavy (non-hydrogen) atoms. The molecule has 0 aromatic rings. The normalized spacial score (nSPS) is 23.6. The number of β-amino-alcohol motifs (C(OH)–C–C–N with tert-alkyl or cyclic N) is 1. The average molecular weight is 244 g/mol. The second-order valence-corrected chi connectivity index (χ2v) is 5.65. The van der Waals surface area contributed by atoms with E-state index in [1.165, 1.54) is 0 Å². The number of carbonyl (C=O) groups excluding carboxylic acids is 1. The van der Waals surface area contributed by atoms with Gasteiger partial charge in [-0.1, -0.05) is 0 Å². The Balaban J connectivity index is 2.36. The van der Waals surface area contributed by atoms with Crippen molar-refractivity contribution in [3.63, 3.8) is 0 Å². The van der Waals surface area contributed by atoms with Gasteiger partial charge in [-0.05, 0) is 46.1 Å². The summed E-state index contributed by atoms with van der Waals surface area (Å²) < 4.78 is 5.09. The number of nitrogens with two attached hydrogens (primary N) is 1. The van der Waals surface area contributed by atoms with Crippen LogP contribution < -0.4 is 5.73 Å². The molecule has 1 aliphatic rings. The maximum absolute atomic E-state index is 10.8. The second-order valence-electron chi connectivity index (χ2n) is 5.65. The number of hydrogen-bond acceptors (Lipinski definition) is 4. The molecule has 0 saturated carbocycles. The molecule has 0 bridgehead atoms. The first-order chi connectivity index (χ1) is 7.78. The van der Waals surface area contributed by atoms with Crippen molar-refractivity contribution in [3.8, 4) is 0 Å². The first-order valence-electron chi connectivity index (χ1n) is 6.17. The number of primary amides is 1. The van der Waals surface area contributed by atoms with Crippen LogP contribution in [0.3, 0.4) is 0 Å². The van der Waals surface area contributed by atoms with Gasteiger partial charge in [-0.25, -0.2) is 4.79 Å². The van der Waals surface area contributed by atoms with Crippen LogP contribution >= 0.6 is 0 Å². The molecular weight excluding hydrogens is 220 g/mol. The fourth-order valence-electron chi connectivity index (χ4n) is 2.63. The van der Waals surface area contributed by atoms with Crippen LogP contribution in [0.25, 0.3) is 0 Å². The molecule has 0 unspecified atom stereocenters. The van der Waals surface area contributed by atoms with Gasteiger partial charge in [0.2, 0.25) is 0 Å². The van der Waals surface area contributed by atoms with Gasteiger partial charge < -0.3 is 20.5 Å². The minimum Gasteiger partial charge on any atom is -0.444 e. The van der Waals surface area contributed by atoms with Crippen LogP contribution in [0.4, 0.5) is 4.79 Å². The molecule has 0 spiro atoms. The molecule has 2 atom stereocenters. The summed E-state index contributed by atoms with van der Waals surface area (Å²) in [4.78, 5) is 13.0. The van der Waals surface area contributed by atoms with Crippen LogP contribution in [0.2, 0.25) is 0 Å². The predicted molar refractivity (Wildman–Crippen MR) is 65.6 cm³/mol. The van der Waals surface area contributed by atoms with Gasteiger partial charge in [0.1, 0.15) is 5.60 Å². The Labute approximate surface area is 103 Å². The number of rotatable bonds is 5. The molecule has 100 valence electrons. The van der Waals surface area contributed by atoms with Crippen molar-refractivity contribution < 1.29 is 14.6 Å². The van der Waals surface area contributed by atoms with E-state index < -0.39 is 11.7 Å². The smallest absolute Gasteiger partial charge is 0.405 e. The number of likely N-dealkylation sites (tertiary alicyclic amines) is 1. The molecule has 1 rings (SSSR count). The Morgan fingerprint density at radius 1 is 1.65 bits per heavy atom. The van der Waals surface area contributed by atoms with Crippen molar-refractivity contribution in [2.75, 3.05) is 19.6 Å². The molecule has 5 nitrogen and oxygen atoms in total. The van der Waals surface area contributed by atoms with Crippen molar-refractivity contribution in [2.45, 2.75) is 45.3 Å². The number of ether oxygens (including phenoxy) is 1. The number of aliphatic hydroxyl groups excluding tert-OH is 1. The van der Waals surface area contributed by atoms with Gasteiger partial charge in [-0.15, -0.1) is 0 Å². The lowest BCUT2D eigenvalue weighted by Gasteiger charge is -2.27. The van der Waals surface area contributed by atoms with Crippen molar-refractivity contribution in [3.05, 3.63) is 0 Å². The van der Waals surface area contributed by atoms with E-state index in [2.05, 4.69) is 4.90 Å². The largest absolute Gasteiger partial charge is 0.444 e. The lowest BCUT2D eigenvalue weighted by Crippen LogP contribution is -2.34. The van der Waals surface area contributed by atoms with E-state index in [9.17, 15) is 9.90 Å². The first-order valence-corrected chi connectivity index (χ1v) is 6.17. The highest BCUT2D eigenvalue weighted by Crippen LogP contribution is 2.27. The minimum atomic E-state index is -0.714. The Morgan fingerprint density at radius 2 is 2.29 bits per heavy atom. The molecular formula is C12H24N2O3. The van der Waals surface area contributed by atoms with Crippen molar-refractivity contribution in [1.82, 2.24) is 4.90 Å². The fourth-order valence-corrected chi connectivity index (χ4v) is 2.63. The van der Waals surface area contributed by atoms with Crippen LogP contribution in [0.1, 0.15) is 33.6 Å². The maximum atomic E-state index is 10.8. The Bertz CT molecular complexity index is 266. The average Bonchev–Trinajstić information content (AvgIpc) is 2.46. The molecule has 3 N–H and O–H groups in total. The number of hydrogen-bond donors (Lipinski definition) is 2. The highest BCUT2D eigenvalue weighted by Gasteiger charge is 2.31. The van der Waals surface area contributed by atoms with Gasteiger partial charge in [-0.2, -0.15) is 0 Å². The molecule has 0 aromatic heterocycles. The summed E-state index contributed by atoms with van der Waals surface area (Å²) in [6, 6.07) is 0. The molecule has 5 heteroatoms. The van der Waals surface area contributed by atoms with E-state index in [1.54, 1.807) is 6.92 Å². The molecule has 1 amide bonds. The summed E-state index contributed by atoms with van der Waals surface area (Å²) in [6.07, 6.45) is 0.891. The zero-order chi connectivity index (χ0) is 13.1. The van der Waals surface area contributed by atoms with Crippen LogP contribution in [-0.4, -0.2) is 47.4 Å². The molecule has 1 fully saturated rings. The van der Waals surface area contributed by atoms with E-state index in [4.69, 9.17) is 10.5 Å². The third kappa shape index (κ3) is 5.37. The lowest BCUT2D eigenvalue weighted by atomic mass is 9.93. The predicted octanol–water partition coefficient (Wildman–Crippen LogP) is 0.953. The third-order valence-electron chi connectivity index (χ3n) is 3.05. The minimum absolute atomic E-state index is 0.288. The third-order valence-corrected chi connectivity index (χ3v) is 3.05. The number of aliphatic hydroxyl groups is 1. The molecule has 0 radical (unpaired) electrons. The summed E-state index contributed by atoms with van der Waals surface area (Å²) in [6.45, 7) is 8.24. The number of nitrogens with zero attached hydrogens (tertiary/aromatic N) is 1. The van der Waals surface area contributed by atoms with E-state index in [1.807, 2.05) is 13.8 Å². The van der Waals surface area contributed by atoms with Crippen LogP contribution in [0.5, 0.6) is 0 Å². The van der Waals surface area contributed by atoms with Gasteiger partial charge in [0.25, 0.3) is 0 Å². The van der Waals surface area contributed by atoms with Gasteiger partial charge >= 0.3 is 6.09 Å². The number of carbonyl (C=O) groups is 1. The highest BCUT2D eigenvalue weighted by atomic mass is 16.6. The summed E-state index contributed by atoms with van der Waals surface area (Å²) in [5.41, 5.74) is 4.54. The van der Waals surface area contributed by atoms with Crippen molar-refractivity contribution >= 4 is 6.09 Å². The first kappa shape index (κ1) is 14.3. The summed E-state index contributed by atoms with van der Waals surface area (Å²) in [5.74, 6) is 0.503. The molecule has 1 aliphatic heterocycles. The summed E-state index contributed by atoms with van der Waals surface area (Å²) in [7, 11) is 0. The van der Waals surface area contributed by atoms with Crippen LogP contribution in [0.15, 0.2) is 0 Å².